The lowest BCUT2D eigenvalue weighted by molar-refractivity contribution is -0.142. The van der Waals surface area contributed by atoms with Crippen LogP contribution in [0.4, 0.5) is 5.69 Å². The number of rotatable bonds is 6. The fourth-order valence-electron chi connectivity index (χ4n) is 3.28. The summed E-state index contributed by atoms with van der Waals surface area (Å²) in [7, 11) is -1.05. The first kappa shape index (κ1) is 17.7. The number of carboxylic acid groups (broad SMARTS) is 1. The number of aliphatic carboxylic acids is 1. The molecule has 1 aliphatic carbocycles. The Balaban J connectivity index is 1.58. The predicted molar refractivity (Wildman–Crippen MR) is 100 cm³/mol. The van der Waals surface area contributed by atoms with Crippen molar-refractivity contribution < 1.29 is 14.1 Å². The minimum atomic E-state index is -1.05. The highest BCUT2D eigenvalue weighted by atomic mass is 32.2. The van der Waals surface area contributed by atoms with Crippen LogP contribution in [-0.2, 0) is 21.3 Å². The number of anilines is 1. The van der Waals surface area contributed by atoms with E-state index in [0.29, 0.717) is 11.8 Å². The van der Waals surface area contributed by atoms with Gasteiger partial charge in [-0.05, 0) is 55.5 Å². The van der Waals surface area contributed by atoms with Crippen molar-refractivity contribution >= 4 is 22.5 Å². The van der Waals surface area contributed by atoms with Crippen LogP contribution in [-0.4, -0.2) is 21.3 Å². The molecule has 5 heteroatoms. The molecule has 4 nitrogen and oxygen atoms in total. The van der Waals surface area contributed by atoms with E-state index in [1.165, 1.54) is 0 Å². The van der Waals surface area contributed by atoms with Crippen molar-refractivity contribution in [2.45, 2.75) is 42.4 Å². The molecule has 0 radical (unpaired) electrons. The fraction of sp³-hybridized carbons (Fsp3) is 0.350. The van der Waals surface area contributed by atoms with E-state index in [1.807, 2.05) is 54.6 Å². The third kappa shape index (κ3) is 4.92. The van der Waals surface area contributed by atoms with Crippen LogP contribution in [0.25, 0.3) is 0 Å². The number of hydrogen-bond acceptors (Lipinski definition) is 3. The minimum absolute atomic E-state index is 0.197. The Bertz CT molecular complexity index is 740. The summed E-state index contributed by atoms with van der Waals surface area (Å²) in [5, 5.41) is 12.6. The molecule has 1 aliphatic rings. The highest BCUT2D eigenvalue weighted by Gasteiger charge is 2.25. The molecule has 1 unspecified atom stereocenters. The van der Waals surface area contributed by atoms with Crippen molar-refractivity contribution in [1.29, 1.82) is 0 Å². The summed E-state index contributed by atoms with van der Waals surface area (Å²) in [6.07, 6.45) is 3.20. The summed E-state index contributed by atoms with van der Waals surface area (Å²) in [4.78, 5) is 11.9. The van der Waals surface area contributed by atoms with Crippen molar-refractivity contribution in [1.82, 2.24) is 0 Å². The van der Waals surface area contributed by atoms with Gasteiger partial charge in [0.15, 0.2) is 0 Å². The molecule has 2 aromatic rings. The number of carboxylic acids is 1. The van der Waals surface area contributed by atoms with Crippen molar-refractivity contribution in [2.75, 3.05) is 5.32 Å². The van der Waals surface area contributed by atoms with Crippen LogP contribution in [0.5, 0.6) is 0 Å². The van der Waals surface area contributed by atoms with Crippen LogP contribution in [0.1, 0.15) is 31.2 Å². The zero-order valence-electron chi connectivity index (χ0n) is 14.1. The molecule has 2 aromatic carbocycles. The molecule has 0 spiro atoms. The standard InChI is InChI=1S/C20H23NO3S/c22-20(23)16-9-11-17(12-10-16)21-18-6-4-5-15(13-18)14-25(24)19-7-2-1-3-8-19/h1-8,13,16-17,21H,9-12,14H2,(H,22,23). The second-order valence-electron chi connectivity index (χ2n) is 6.53. The molecule has 0 heterocycles. The van der Waals surface area contributed by atoms with E-state index in [1.54, 1.807) is 0 Å². The van der Waals surface area contributed by atoms with Gasteiger partial charge in [0.2, 0.25) is 0 Å². The van der Waals surface area contributed by atoms with Gasteiger partial charge in [-0.25, -0.2) is 0 Å². The summed E-state index contributed by atoms with van der Waals surface area (Å²) in [5.74, 6) is -0.382. The van der Waals surface area contributed by atoms with Crippen molar-refractivity contribution in [3.8, 4) is 0 Å². The molecule has 132 valence electrons. The number of hydrogen-bond donors (Lipinski definition) is 2. The van der Waals surface area contributed by atoms with Crippen molar-refractivity contribution in [2.24, 2.45) is 5.92 Å². The molecule has 0 aromatic heterocycles. The second-order valence-corrected chi connectivity index (χ2v) is 7.99. The monoisotopic (exact) mass is 357 g/mol. The Labute approximate surface area is 150 Å². The molecule has 1 fully saturated rings. The molecule has 0 amide bonds. The zero-order chi connectivity index (χ0) is 17.6. The minimum Gasteiger partial charge on any atom is -0.481 e. The van der Waals surface area contributed by atoms with Gasteiger partial charge >= 0.3 is 5.97 Å². The highest BCUT2D eigenvalue weighted by Crippen LogP contribution is 2.27. The Morgan fingerprint density at radius 1 is 1.04 bits per heavy atom. The largest absolute Gasteiger partial charge is 0.481 e. The smallest absolute Gasteiger partial charge is 0.306 e. The SMILES string of the molecule is O=C(O)C1CCC(Nc2cccc(CS(=O)c3ccccc3)c2)CC1. The first-order valence-electron chi connectivity index (χ1n) is 8.63. The van der Waals surface area contributed by atoms with Gasteiger partial charge in [0.05, 0.1) is 22.5 Å². The van der Waals surface area contributed by atoms with Crippen LogP contribution in [0.3, 0.4) is 0 Å². The van der Waals surface area contributed by atoms with Gasteiger partial charge in [-0.3, -0.25) is 9.00 Å². The lowest BCUT2D eigenvalue weighted by Crippen LogP contribution is -2.29. The Morgan fingerprint density at radius 3 is 2.44 bits per heavy atom. The molecule has 0 bridgehead atoms. The normalized spacial score (nSPS) is 21.4. The number of carbonyl (C=O) groups is 1. The molecule has 1 atom stereocenters. The quantitative estimate of drug-likeness (QED) is 0.818. The molecule has 25 heavy (non-hydrogen) atoms. The maximum atomic E-state index is 12.5. The van der Waals surface area contributed by atoms with Gasteiger partial charge in [0, 0.05) is 16.6 Å². The Kier molecular flexibility index (Phi) is 5.87. The topological polar surface area (TPSA) is 66.4 Å². The number of nitrogens with one attached hydrogen (secondary N) is 1. The van der Waals surface area contributed by atoms with Gasteiger partial charge in [0.25, 0.3) is 0 Å². The van der Waals surface area contributed by atoms with Crippen LogP contribution < -0.4 is 5.32 Å². The Hall–Kier alpha value is -2.14. The molecular formula is C20H23NO3S. The van der Waals surface area contributed by atoms with Crippen LogP contribution >= 0.6 is 0 Å². The average Bonchev–Trinajstić information content (AvgIpc) is 2.63. The first-order chi connectivity index (χ1) is 12.1. The highest BCUT2D eigenvalue weighted by molar-refractivity contribution is 7.84. The molecule has 1 saturated carbocycles. The van der Waals surface area contributed by atoms with Crippen LogP contribution in [0.15, 0.2) is 59.5 Å². The fourth-order valence-corrected chi connectivity index (χ4v) is 4.39. The van der Waals surface area contributed by atoms with Crippen LogP contribution in [0.2, 0.25) is 0 Å². The lowest BCUT2D eigenvalue weighted by Gasteiger charge is -2.27. The first-order valence-corrected chi connectivity index (χ1v) is 9.95. The van der Waals surface area contributed by atoms with E-state index >= 15 is 0 Å². The summed E-state index contributed by atoms with van der Waals surface area (Å²) >= 11 is 0. The molecule has 0 aliphatic heterocycles. The van der Waals surface area contributed by atoms with E-state index in [-0.39, 0.29) is 5.92 Å². The van der Waals surface area contributed by atoms with Gasteiger partial charge in [-0.15, -0.1) is 0 Å². The van der Waals surface area contributed by atoms with Gasteiger partial charge in [-0.1, -0.05) is 30.3 Å². The summed E-state index contributed by atoms with van der Waals surface area (Å²) in [5.41, 5.74) is 2.05. The second kappa shape index (κ2) is 8.30. The van der Waals surface area contributed by atoms with Crippen molar-refractivity contribution in [3.63, 3.8) is 0 Å². The summed E-state index contributed by atoms with van der Waals surface area (Å²) in [6.45, 7) is 0. The lowest BCUT2D eigenvalue weighted by atomic mass is 9.86. The van der Waals surface area contributed by atoms with Crippen LogP contribution in [0, 0.1) is 5.92 Å². The molecular weight excluding hydrogens is 334 g/mol. The third-order valence-electron chi connectivity index (χ3n) is 4.68. The number of benzene rings is 2. The van der Waals surface area contributed by atoms with E-state index < -0.39 is 16.8 Å². The maximum Gasteiger partial charge on any atom is 0.306 e. The average molecular weight is 357 g/mol. The molecule has 3 rings (SSSR count). The van der Waals surface area contributed by atoms with Gasteiger partial charge < -0.3 is 10.4 Å². The predicted octanol–water partition coefficient (Wildman–Crippen LogP) is 4.05. The summed E-state index contributed by atoms with van der Waals surface area (Å²) < 4.78 is 12.5. The van der Waals surface area contributed by atoms with E-state index in [2.05, 4.69) is 5.32 Å². The van der Waals surface area contributed by atoms with E-state index in [4.69, 9.17) is 5.11 Å². The Morgan fingerprint density at radius 2 is 1.76 bits per heavy atom. The molecule has 2 N–H and O–H groups in total. The zero-order valence-corrected chi connectivity index (χ0v) is 14.9. The van der Waals surface area contributed by atoms with E-state index in [9.17, 15) is 9.00 Å². The maximum absolute atomic E-state index is 12.5. The van der Waals surface area contributed by atoms with Crippen molar-refractivity contribution in [3.05, 3.63) is 60.2 Å². The van der Waals surface area contributed by atoms with E-state index in [0.717, 1.165) is 41.8 Å². The van der Waals surface area contributed by atoms with Gasteiger partial charge in [0.1, 0.15) is 0 Å². The molecule has 0 saturated heterocycles. The summed E-state index contributed by atoms with van der Waals surface area (Å²) in [6, 6.07) is 17.8. The van der Waals surface area contributed by atoms with Gasteiger partial charge in [-0.2, -0.15) is 0 Å². The third-order valence-corrected chi connectivity index (χ3v) is 6.07.